The van der Waals surface area contributed by atoms with Gasteiger partial charge in [0.1, 0.15) is 6.61 Å². The molecule has 0 fully saturated rings. The van der Waals surface area contributed by atoms with Crippen LogP contribution >= 0.6 is 0 Å². The van der Waals surface area contributed by atoms with Gasteiger partial charge in [-0.1, -0.05) is 13.8 Å². The maximum absolute atomic E-state index is 11.1. The van der Waals surface area contributed by atoms with Crippen LogP contribution in [0.1, 0.15) is 37.0 Å². The van der Waals surface area contributed by atoms with Crippen molar-refractivity contribution < 1.29 is 14.5 Å². The quantitative estimate of drug-likeness (QED) is 0.580. The summed E-state index contributed by atoms with van der Waals surface area (Å²) in [7, 11) is 0. The zero-order chi connectivity index (χ0) is 15.3. The first-order valence-electron chi connectivity index (χ1n) is 6.33. The molecule has 0 unspecified atom stereocenters. The third-order valence-corrected chi connectivity index (χ3v) is 3.36. The molecule has 0 saturated carbocycles. The van der Waals surface area contributed by atoms with Crippen LogP contribution < -0.4 is 16.2 Å². The average Bonchev–Trinajstić information content (AvgIpc) is 2.44. The number of primary amides is 1. The van der Waals surface area contributed by atoms with E-state index in [1.807, 2.05) is 13.8 Å². The van der Waals surface area contributed by atoms with Gasteiger partial charge >= 0.3 is 5.69 Å². The molecule has 0 bridgehead atoms. The normalized spacial score (nSPS) is 11.2. The van der Waals surface area contributed by atoms with Gasteiger partial charge in [0.2, 0.25) is 5.91 Å². The molecule has 0 saturated heterocycles. The van der Waals surface area contributed by atoms with Gasteiger partial charge in [0, 0.05) is 23.2 Å². The van der Waals surface area contributed by atoms with Gasteiger partial charge in [-0.2, -0.15) is 0 Å². The second kappa shape index (κ2) is 6.33. The number of ether oxygens (including phenoxy) is 1. The van der Waals surface area contributed by atoms with Gasteiger partial charge in [0.25, 0.3) is 0 Å². The Kier molecular flexibility index (Phi) is 5.04. The minimum absolute atomic E-state index is 0.00280. The largest absolute Gasteiger partial charge is 0.485 e. The number of nitro groups is 1. The summed E-state index contributed by atoms with van der Waals surface area (Å²) in [6, 6.07) is 3.76. The van der Waals surface area contributed by atoms with E-state index >= 15 is 0 Å². The summed E-state index contributed by atoms with van der Waals surface area (Å²) in [5.74, 6) is -0.669. The van der Waals surface area contributed by atoms with E-state index in [1.165, 1.54) is 18.2 Å². The van der Waals surface area contributed by atoms with Crippen LogP contribution in [0.15, 0.2) is 18.2 Å². The highest BCUT2D eigenvalue weighted by Crippen LogP contribution is 2.29. The van der Waals surface area contributed by atoms with E-state index in [-0.39, 0.29) is 23.6 Å². The van der Waals surface area contributed by atoms with E-state index in [1.54, 1.807) is 0 Å². The highest BCUT2D eigenvalue weighted by Gasteiger charge is 2.24. The number of carbonyl (C=O) groups is 1. The zero-order valence-corrected chi connectivity index (χ0v) is 11.6. The van der Waals surface area contributed by atoms with Gasteiger partial charge in [-0.25, -0.2) is 0 Å². The number of rotatable bonds is 7. The molecule has 1 aromatic carbocycles. The third kappa shape index (κ3) is 3.67. The van der Waals surface area contributed by atoms with Crippen molar-refractivity contribution in [2.24, 2.45) is 11.5 Å². The molecule has 0 heterocycles. The van der Waals surface area contributed by atoms with Crippen LogP contribution in [0.2, 0.25) is 0 Å². The Bertz CT molecular complexity index is 512. The maximum Gasteiger partial charge on any atom is 0.310 e. The number of carbonyl (C=O) groups excluding carboxylic acids is 1. The fourth-order valence-electron chi connectivity index (χ4n) is 1.61. The molecule has 0 aliphatic carbocycles. The molecule has 1 aromatic rings. The summed E-state index contributed by atoms with van der Waals surface area (Å²) in [6.07, 6.45) is 1.35. The van der Waals surface area contributed by atoms with Crippen molar-refractivity contribution in [1.82, 2.24) is 0 Å². The van der Waals surface area contributed by atoms with E-state index in [0.29, 0.717) is 12.8 Å². The van der Waals surface area contributed by atoms with Crippen molar-refractivity contribution in [2.75, 3.05) is 6.61 Å². The number of amides is 1. The van der Waals surface area contributed by atoms with E-state index in [4.69, 9.17) is 16.2 Å². The Labute approximate surface area is 117 Å². The lowest BCUT2D eigenvalue weighted by atomic mass is 9.95. The molecule has 1 rings (SSSR count). The van der Waals surface area contributed by atoms with Crippen LogP contribution in [0, 0.1) is 10.1 Å². The molecule has 4 N–H and O–H groups in total. The number of hydrogen-bond donors (Lipinski definition) is 2. The van der Waals surface area contributed by atoms with Crippen LogP contribution in [0.5, 0.6) is 5.75 Å². The molecule has 0 aliphatic rings. The predicted octanol–water partition coefficient (Wildman–Crippen LogP) is 1.59. The molecular formula is C13H19N3O4. The topological polar surface area (TPSA) is 121 Å². The van der Waals surface area contributed by atoms with Crippen molar-refractivity contribution in [3.63, 3.8) is 0 Å². The van der Waals surface area contributed by atoms with Crippen LogP contribution in [0.4, 0.5) is 5.69 Å². The average molecular weight is 281 g/mol. The molecule has 1 amide bonds. The highest BCUT2D eigenvalue weighted by molar-refractivity contribution is 5.93. The lowest BCUT2D eigenvalue weighted by molar-refractivity contribution is -0.385. The molecule has 20 heavy (non-hydrogen) atoms. The number of benzene rings is 1. The first kappa shape index (κ1) is 15.9. The number of nitrogens with zero attached hydrogens (tertiary/aromatic N) is 1. The summed E-state index contributed by atoms with van der Waals surface area (Å²) in [6.45, 7) is 3.96. The van der Waals surface area contributed by atoms with Crippen molar-refractivity contribution in [1.29, 1.82) is 0 Å². The standard InChI is InChI=1S/C13H19N3O4/c1-3-13(15,4-2)8-20-11-7-9(12(14)17)5-6-10(11)16(18)19/h5-7H,3-4,8,15H2,1-2H3,(H2,14,17). The maximum atomic E-state index is 11.1. The second-order valence-electron chi connectivity index (χ2n) is 4.66. The van der Waals surface area contributed by atoms with Gasteiger partial charge in [-0.15, -0.1) is 0 Å². The van der Waals surface area contributed by atoms with Gasteiger partial charge < -0.3 is 16.2 Å². The number of nitro benzene ring substituents is 1. The third-order valence-electron chi connectivity index (χ3n) is 3.36. The van der Waals surface area contributed by atoms with Crippen molar-refractivity contribution in [3.8, 4) is 5.75 Å². The summed E-state index contributed by atoms with van der Waals surface area (Å²) in [5.41, 5.74) is 10.6. The first-order valence-corrected chi connectivity index (χ1v) is 6.33. The van der Waals surface area contributed by atoms with Crippen LogP contribution in [-0.4, -0.2) is 23.0 Å². The van der Waals surface area contributed by atoms with Gasteiger partial charge in [-0.05, 0) is 18.9 Å². The first-order chi connectivity index (χ1) is 9.33. The monoisotopic (exact) mass is 281 g/mol. The van der Waals surface area contributed by atoms with E-state index < -0.39 is 16.4 Å². The number of nitrogens with two attached hydrogens (primary N) is 2. The van der Waals surface area contributed by atoms with Crippen molar-refractivity contribution in [3.05, 3.63) is 33.9 Å². The van der Waals surface area contributed by atoms with Crippen LogP contribution in [0.3, 0.4) is 0 Å². The van der Waals surface area contributed by atoms with Gasteiger partial charge in [0.15, 0.2) is 5.75 Å². The zero-order valence-electron chi connectivity index (χ0n) is 11.6. The van der Waals surface area contributed by atoms with E-state index in [9.17, 15) is 14.9 Å². The fourth-order valence-corrected chi connectivity index (χ4v) is 1.61. The second-order valence-corrected chi connectivity index (χ2v) is 4.66. The predicted molar refractivity (Wildman–Crippen MR) is 74.6 cm³/mol. The molecule has 0 aromatic heterocycles. The molecule has 0 spiro atoms. The Morgan fingerprint density at radius 1 is 1.40 bits per heavy atom. The van der Waals surface area contributed by atoms with E-state index in [2.05, 4.69) is 0 Å². The molecule has 110 valence electrons. The SMILES string of the molecule is CCC(N)(CC)COc1cc(C(N)=O)ccc1[N+](=O)[O-]. The fraction of sp³-hybridized carbons (Fsp3) is 0.462. The Hall–Kier alpha value is -2.15. The minimum atomic E-state index is -0.672. The Morgan fingerprint density at radius 2 is 2.00 bits per heavy atom. The van der Waals surface area contributed by atoms with Crippen LogP contribution in [0.25, 0.3) is 0 Å². The van der Waals surface area contributed by atoms with Crippen LogP contribution in [-0.2, 0) is 0 Å². The summed E-state index contributed by atoms with van der Waals surface area (Å²) >= 11 is 0. The van der Waals surface area contributed by atoms with Crippen molar-refractivity contribution >= 4 is 11.6 Å². The molecule has 0 aliphatic heterocycles. The smallest absolute Gasteiger partial charge is 0.310 e. The molecular weight excluding hydrogens is 262 g/mol. The minimum Gasteiger partial charge on any atom is -0.485 e. The molecule has 0 atom stereocenters. The summed E-state index contributed by atoms with van der Waals surface area (Å²) in [4.78, 5) is 21.5. The summed E-state index contributed by atoms with van der Waals surface area (Å²) < 4.78 is 5.46. The van der Waals surface area contributed by atoms with Gasteiger partial charge in [0.05, 0.1) is 4.92 Å². The Morgan fingerprint density at radius 3 is 2.45 bits per heavy atom. The summed E-state index contributed by atoms with van der Waals surface area (Å²) in [5, 5.41) is 10.9. The lowest BCUT2D eigenvalue weighted by Gasteiger charge is -2.26. The molecule has 7 heteroatoms. The molecule has 0 radical (unpaired) electrons. The lowest BCUT2D eigenvalue weighted by Crippen LogP contribution is -2.44. The van der Waals surface area contributed by atoms with Gasteiger partial charge in [-0.3, -0.25) is 14.9 Å². The number of hydrogen-bond acceptors (Lipinski definition) is 5. The molecule has 7 nitrogen and oxygen atoms in total. The highest BCUT2D eigenvalue weighted by atomic mass is 16.6. The Balaban J connectivity index is 3.05. The van der Waals surface area contributed by atoms with E-state index in [0.717, 1.165) is 0 Å². The van der Waals surface area contributed by atoms with Crippen molar-refractivity contribution in [2.45, 2.75) is 32.2 Å².